The molecule has 0 amide bonds. The average Bonchev–Trinajstić information content (AvgIpc) is 3.55. The van der Waals surface area contributed by atoms with Gasteiger partial charge in [0, 0.05) is 33.4 Å². The monoisotopic (exact) mass is 667 g/mol. The second-order valence-corrected chi connectivity index (χ2v) is 13.0. The Hall–Kier alpha value is -7.04. The molecule has 0 saturated carbocycles. The minimum absolute atomic E-state index is 0.823. The van der Waals surface area contributed by atoms with Crippen LogP contribution >= 0.6 is 0 Å². The lowest BCUT2D eigenvalue weighted by molar-refractivity contribution is 0.481. The van der Waals surface area contributed by atoms with Crippen molar-refractivity contribution < 1.29 is 4.74 Å². The van der Waals surface area contributed by atoms with Gasteiger partial charge in [0.1, 0.15) is 0 Å². The summed E-state index contributed by atoms with van der Waals surface area (Å²) in [5.41, 5.74) is 9.83. The first-order valence-electron chi connectivity index (χ1n) is 17.6. The van der Waals surface area contributed by atoms with Crippen molar-refractivity contribution in [3.63, 3.8) is 0 Å². The summed E-state index contributed by atoms with van der Waals surface area (Å²) >= 11 is 0. The van der Waals surface area contributed by atoms with E-state index >= 15 is 0 Å². The minimum Gasteiger partial charge on any atom is -0.451 e. The van der Waals surface area contributed by atoms with Crippen molar-refractivity contribution in [3.8, 4) is 28.3 Å². The third kappa shape index (κ3) is 4.84. The molecule has 0 radical (unpaired) electrons. The van der Waals surface area contributed by atoms with Crippen LogP contribution < -0.4 is 14.5 Å². The zero-order valence-corrected chi connectivity index (χ0v) is 28.3. The molecule has 0 aliphatic carbocycles. The molecule has 0 bridgehead atoms. The SMILES string of the molecule is c1ccc(-c2ccccc2N(c2ccc(N3c4ccccc4Oc4c3n(-c3ccccc3)c3ccccc43)cc2)c2cccc3ccccc23)cc1. The number of anilines is 6. The largest absolute Gasteiger partial charge is 0.451 e. The lowest BCUT2D eigenvalue weighted by Crippen LogP contribution is -2.18. The molecule has 1 aliphatic rings. The van der Waals surface area contributed by atoms with Gasteiger partial charge in [-0.25, -0.2) is 0 Å². The van der Waals surface area contributed by atoms with E-state index in [1.807, 2.05) is 6.07 Å². The number of aromatic nitrogens is 1. The van der Waals surface area contributed by atoms with Gasteiger partial charge in [-0.3, -0.25) is 9.47 Å². The van der Waals surface area contributed by atoms with Crippen LogP contribution in [0.1, 0.15) is 0 Å². The Morgan fingerprint density at radius 2 is 1.08 bits per heavy atom. The molecule has 0 atom stereocenters. The standard InChI is InChI=1S/C48H33N3O/c1-3-16-34(17-4-1)39-23-9-11-25-42(39)49(43-28-15-19-35-18-7-8-22-40(35)43)37-30-32-38(33-31-37)51-45-27-13-14-29-46(45)52-47-41-24-10-12-26-44(41)50(48(47)51)36-20-5-2-6-21-36/h1-33H. The van der Waals surface area contributed by atoms with Crippen molar-refractivity contribution >= 4 is 55.9 Å². The third-order valence-corrected chi connectivity index (χ3v) is 9.95. The Labute approximate surface area is 302 Å². The lowest BCUT2D eigenvalue weighted by Gasteiger charge is -2.33. The minimum atomic E-state index is 0.823. The summed E-state index contributed by atoms with van der Waals surface area (Å²) in [7, 11) is 0. The highest BCUT2D eigenvalue weighted by atomic mass is 16.5. The predicted octanol–water partition coefficient (Wildman–Crippen LogP) is 13.5. The van der Waals surface area contributed by atoms with Crippen molar-refractivity contribution in [1.29, 1.82) is 0 Å². The zero-order chi connectivity index (χ0) is 34.4. The van der Waals surface area contributed by atoms with Crippen molar-refractivity contribution in [2.75, 3.05) is 9.80 Å². The quantitative estimate of drug-likeness (QED) is 0.176. The van der Waals surface area contributed by atoms with Gasteiger partial charge in [0.05, 0.1) is 22.6 Å². The first-order chi connectivity index (χ1) is 25.8. The maximum atomic E-state index is 6.75. The van der Waals surface area contributed by atoms with E-state index in [0.717, 1.165) is 62.3 Å². The van der Waals surface area contributed by atoms with Gasteiger partial charge in [-0.1, -0.05) is 127 Å². The number of ether oxygens (including phenoxy) is 1. The van der Waals surface area contributed by atoms with Gasteiger partial charge < -0.3 is 9.64 Å². The molecule has 4 heteroatoms. The second kappa shape index (κ2) is 12.4. The average molecular weight is 668 g/mol. The molecule has 0 spiro atoms. The number of fused-ring (bicyclic) bond motifs is 5. The molecule has 10 rings (SSSR count). The number of benzene rings is 8. The number of para-hydroxylation sites is 5. The van der Waals surface area contributed by atoms with Gasteiger partial charge in [-0.05, 0) is 83.7 Å². The smallest absolute Gasteiger partial charge is 0.178 e. The molecule has 1 aromatic heterocycles. The fourth-order valence-electron chi connectivity index (χ4n) is 7.64. The van der Waals surface area contributed by atoms with E-state index in [-0.39, 0.29) is 0 Å². The summed E-state index contributed by atoms with van der Waals surface area (Å²) in [6, 6.07) is 70.8. The van der Waals surface area contributed by atoms with Gasteiger partial charge in [-0.15, -0.1) is 0 Å². The molecule has 1 aliphatic heterocycles. The molecule has 0 unspecified atom stereocenters. The molecule has 246 valence electrons. The maximum Gasteiger partial charge on any atom is 0.178 e. The molecule has 52 heavy (non-hydrogen) atoms. The van der Waals surface area contributed by atoms with Gasteiger partial charge in [0.25, 0.3) is 0 Å². The van der Waals surface area contributed by atoms with Gasteiger partial charge >= 0.3 is 0 Å². The molecule has 9 aromatic rings. The zero-order valence-electron chi connectivity index (χ0n) is 28.3. The molecule has 8 aromatic carbocycles. The first kappa shape index (κ1) is 29.8. The number of hydrogen-bond acceptors (Lipinski definition) is 3. The number of rotatable bonds is 6. The highest BCUT2D eigenvalue weighted by molar-refractivity contribution is 6.03. The van der Waals surface area contributed by atoms with Crippen molar-refractivity contribution in [3.05, 3.63) is 200 Å². The summed E-state index contributed by atoms with van der Waals surface area (Å²) in [5, 5.41) is 3.46. The summed E-state index contributed by atoms with van der Waals surface area (Å²) in [5.74, 6) is 2.64. The number of nitrogens with zero attached hydrogens (tertiary/aromatic N) is 3. The molecule has 0 saturated heterocycles. The molecule has 0 fully saturated rings. The molecule has 0 N–H and O–H groups in total. The van der Waals surface area contributed by atoms with E-state index in [1.54, 1.807) is 0 Å². The first-order valence-corrected chi connectivity index (χ1v) is 17.6. The normalized spacial score (nSPS) is 12.0. The van der Waals surface area contributed by atoms with Crippen LogP contribution in [0.15, 0.2) is 200 Å². The summed E-state index contributed by atoms with van der Waals surface area (Å²) in [6.07, 6.45) is 0. The summed E-state index contributed by atoms with van der Waals surface area (Å²) in [6.45, 7) is 0. The van der Waals surface area contributed by atoms with Gasteiger partial charge in [-0.2, -0.15) is 0 Å². The van der Waals surface area contributed by atoms with Crippen LogP contribution in [0, 0.1) is 0 Å². The molecular formula is C48H33N3O. The van der Waals surface area contributed by atoms with E-state index < -0.39 is 0 Å². The van der Waals surface area contributed by atoms with Crippen LogP contribution in [0.25, 0.3) is 38.5 Å². The molecule has 4 nitrogen and oxygen atoms in total. The van der Waals surface area contributed by atoms with Crippen molar-refractivity contribution in [2.24, 2.45) is 0 Å². The third-order valence-electron chi connectivity index (χ3n) is 9.95. The van der Waals surface area contributed by atoms with E-state index in [4.69, 9.17) is 4.74 Å². The van der Waals surface area contributed by atoms with Crippen LogP contribution in [0.2, 0.25) is 0 Å². The Balaban J connectivity index is 1.18. The highest BCUT2D eigenvalue weighted by Crippen LogP contribution is 2.55. The van der Waals surface area contributed by atoms with E-state index in [2.05, 4.69) is 208 Å². The maximum absolute atomic E-state index is 6.75. The fraction of sp³-hybridized carbons (Fsp3) is 0. The van der Waals surface area contributed by atoms with Gasteiger partial charge in [0.2, 0.25) is 0 Å². The topological polar surface area (TPSA) is 20.6 Å². The van der Waals surface area contributed by atoms with Crippen LogP contribution in [-0.2, 0) is 0 Å². The van der Waals surface area contributed by atoms with E-state index in [1.165, 1.54) is 21.9 Å². The van der Waals surface area contributed by atoms with Crippen LogP contribution in [0.4, 0.5) is 34.3 Å². The number of hydrogen-bond donors (Lipinski definition) is 0. The predicted molar refractivity (Wildman–Crippen MR) is 216 cm³/mol. The fourth-order valence-corrected chi connectivity index (χ4v) is 7.64. The Morgan fingerprint density at radius 3 is 1.92 bits per heavy atom. The second-order valence-electron chi connectivity index (χ2n) is 13.0. The van der Waals surface area contributed by atoms with Crippen LogP contribution in [0.3, 0.4) is 0 Å². The summed E-state index contributed by atoms with van der Waals surface area (Å²) < 4.78 is 9.06. The van der Waals surface area contributed by atoms with E-state index in [9.17, 15) is 0 Å². The van der Waals surface area contributed by atoms with Crippen LogP contribution in [0.5, 0.6) is 11.5 Å². The molecule has 2 heterocycles. The van der Waals surface area contributed by atoms with Crippen molar-refractivity contribution in [1.82, 2.24) is 4.57 Å². The Morgan fingerprint density at radius 1 is 0.442 bits per heavy atom. The highest BCUT2D eigenvalue weighted by Gasteiger charge is 2.33. The van der Waals surface area contributed by atoms with Crippen LogP contribution in [-0.4, -0.2) is 4.57 Å². The Kier molecular flexibility index (Phi) is 7.10. The van der Waals surface area contributed by atoms with E-state index in [0.29, 0.717) is 0 Å². The summed E-state index contributed by atoms with van der Waals surface area (Å²) in [4.78, 5) is 4.74. The van der Waals surface area contributed by atoms with Gasteiger partial charge in [0.15, 0.2) is 17.3 Å². The van der Waals surface area contributed by atoms with Crippen molar-refractivity contribution in [2.45, 2.75) is 0 Å². The lowest BCUT2D eigenvalue weighted by atomic mass is 10.0. The molecular weight excluding hydrogens is 635 g/mol. The Bertz CT molecular complexity index is 2710.